The summed E-state index contributed by atoms with van der Waals surface area (Å²) in [6.07, 6.45) is 2.45. The van der Waals surface area contributed by atoms with Crippen molar-refractivity contribution in [3.05, 3.63) is 0 Å². The van der Waals surface area contributed by atoms with Gasteiger partial charge in [0.1, 0.15) is 0 Å². The molecule has 0 spiro atoms. The molecular weight excluding hydrogens is 282 g/mol. The van der Waals surface area contributed by atoms with Gasteiger partial charge in [0.05, 0.1) is 0 Å². The van der Waals surface area contributed by atoms with Gasteiger partial charge in [-0.2, -0.15) is 0 Å². The Labute approximate surface area is 107 Å². The first-order valence-corrected chi connectivity index (χ1v) is 10.0. The number of rotatable bonds is 11. The van der Waals surface area contributed by atoms with Crippen LogP contribution in [-0.2, 0) is 8.88 Å². The van der Waals surface area contributed by atoms with Crippen molar-refractivity contribution in [1.29, 1.82) is 0 Å². The average Bonchev–Trinajstić information content (AvgIpc) is 2.29. The topological polar surface area (TPSA) is 127 Å². The summed E-state index contributed by atoms with van der Waals surface area (Å²) in [5, 5.41) is 26.6. The van der Waals surface area contributed by atoms with Crippen LogP contribution in [0.2, 0.25) is 0 Å². The van der Waals surface area contributed by atoms with Gasteiger partial charge < -0.3 is 0 Å². The molecule has 0 aromatic carbocycles. The summed E-state index contributed by atoms with van der Waals surface area (Å²) in [5.41, 5.74) is 0. The molecule has 0 atom stereocenters. The second kappa shape index (κ2) is 9.34. The summed E-state index contributed by atoms with van der Waals surface area (Å²) in [7, 11) is -7.33. The molecule has 7 nitrogen and oxygen atoms in total. The van der Waals surface area contributed by atoms with Crippen LogP contribution in [0.1, 0.15) is 19.3 Å². The molecular formula is C9H24O7P2. The van der Waals surface area contributed by atoms with Gasteiger partial charge in [-0.1, -0.05) is 0 Å². The van der Waals surface area contributed by atoms with Crippen molar-refractivity contribution in [1.82, 2.24) is 0 Å². The van der Waals surface area contributed by atoms with Crippen LogP contribution in [0.25, 0.3) is 0 Å². The van der Waals surface area contributed by atoms with Crippen LogP contribution in [0.5, 0.6) is 0 Å². The predicted molar refractivity (Wildman–Crippen MR) is 71.2 cm³/mol. The van der Waals surface area contributed by atoms with E-state index in [0.717, 1.165) is 0 Å². The summed E-state index contributed by atoms with van der Waals surface area (Å²) in [6, 6.07) is 0. The van der Waals surface area contributed by atoms with Gasteiger partial charge in [0.25, 0.3) is 0 Å². The monoisotopic (exact) mass is 306 g/mol. The Morgan fingerprint density at radius 1 is 0.833 bits per heavy atom. The molecule has 18 heavy (non-hydrogen) atoms. The first-order valence-electron chi connectivity index (χ1n) is 5.98. The van der Waals surface area contributed by atoms with Gasteiger partial charge in [-0.3, -0.25) is 0 Å². The molecule has 0 radical (unpaired) electrons. The van der Waals surface area contributed by atoms with Gasteiger partial charge in [-0.15, -0.1) is 0 Å². The molecule has 0 fully saturated rings. The van der Waals surface area contributed by atoms with Gasteiger partial charge in [0.2, 0.25) is 0 Å². The van der Waals surface area contributed by atoms with E-state index in [-0.39, 0.29) is 19.8 Å². The van der Waals surface area contributed by atoms with Crippen LogP contribution in [0.3, 0.4) is 0 Å². The van der Waals surface area contributed by atoms with Crippen molar-refractivity contribution < 1.29 is 34.0 Å². The first kappa shape index (κ1) is 18.4. The molecule has 0 bridgehead atoms. The predicted octanol–water partition coefficient (Wildman–Crippen LogP) is -0.0922. The van der Waals surface area contributed by atoms with E-state index < -0.39 is 15.3 Å². The number of aliphatic hydroxyl groups is 3. The second-order valence-electron chi connectivity index (χ2n) is 4.25. The average molecular weight is 306 g/mol. The molecule has 0 amide bonds. The van der Waals surface area contributed by atoms with Crippen LogP contribution in [0.15, 0.2) is 0 Å². The Bertz CT molecular complexity index is 234. The Morgan fingerprint density at radius 3 is 1.39 bits per heavy atom. The van der Waals surface area contributed by atoms with Gasteiger partial charge >= 0.3 is 107 Å². The van der Waals surface area contributed by atoms with Gasteiger partial charge in [0.15, 0.2) is 0 Å². The minimum atomic E-state index is -4.59. The van der Waals surface area contributed by atoms with Crippen LogP contribution in [0, 0.1) is 0 Å². The second-order valence-corrected chi connectivity index (χ2v) is 9.82. The fourth-order valence-electron chi connectivity index (χ4n) is 1.97. The molecule has 0 aromatic heterocycles. The first-order chi connectivity index (χ1) is 8.39. The van der Waals surface area contributed by atoms with Crippen LogP contribution >= 0.6 is 15.3 Å². The number of phosphoric acid groups is 1. The van der Waals surface area contributed by atoms with E-state index in [9.17, 15) is 4.57 Å². The molecule has 0 aliphatic carbocycles. The molecule has 0 saturated carbocycles. The zero-order chi connectivity index (χ0) is 14.1. The van der Waals surface area contributed by atoms with Gasteiger partial charge in [-0.05, 0) is 0 Å². The molecule has 0 aromatic rings. The van der Waals surface area contributed by atoms with Crippen molar-refractivity contribution in [3.63, 3.8) is 0 Å². The zero-order valence-corrected chi connectivity index (χ0v) is 12.3. The van der Waals surface area contributed by atoms with E-state index in [1.54, 1.807) is 0 Å². The fourth-order valence-corrected chi connectivity index (χ4v) is 8.24. The SMILES string of the molecule is O=P(O)(O)O[PH](CCCO)(CCCO)CCCO. The summed E-state index contributed by atoms with van der Waals surface area (Å²) >= 11 is 0. The van der Waals surface area contributed by atoms with E-state index >= 15 is 0 Å². The summed E-state index contributed by atoms with van der Waals surface area (Å²) in [5.74, 6) is 0. The zero-order valence-electron chi connectivity index (χ0n) is 10.4. The third-order valence-corrected chi connectivity index (χ3v) is 8.98. The summed E-state index contributed by atoms with van der Waals surface area (Å²) in [4.78, 5) is 18.0. The van der Waals surface area contributed by atoms with E-state index in [4.69, 9.17) is 29.4 Å². The molecule has 0 aliphatic heterocycles. The Morgan fingerprint density at radius 2 is 1.17 bits per heavy atom. The van der Waals surface area contributed by atoms with Crippen molar-refractivity contribution in [2.45, 2.75) is 19.3 Å². The number of hydrogen-bond acceptors (Lipinski definition) is 5. The van der Waals surface area contributed by atoms with Gasteiger partial charge in [-0.25, -0.2) is 0 Å². The van der Waals surface area contributed by atoms with Crippen LogP contribution in [0.4, 0.5) is 0 Å². The Hall–Kier alpha value is 0.420. The molecule has 112 valence electrons. The van der Waals surface area contributed by atoms with Gasteiger partial charge in [0, 0.05) is 0 Å². The van der Waals surface area contributed by atoms with Crippen molar-refractivity contribution in [2.75, 3.05) is 38.3 Å². The standard InChI is InChI=1S/C9H24O7P2/c10-4-1-7-17(8-2-5-11,9-3-6-12)16-18(13,14)15/h10-12,17H,1-9H2,(H2,13,14,15). The third-order valence-electron chi connectivity index (χ3n) is 2.68. The van der Waals surface area contributed by atoms with E-state index in [1.165, 1.54) is 0 Å². The van der Waals surface area contributed by atoms with Crippen molar-refractivity contribution in [3.8, 4) is 0 Å². The molecule has 0 saturated heterocycles. The van der Waals surface area contributed by atoms with Crippen molar-refractivity contribution in [2.24, 2.45) is 0 Å². The summed E-state index contributed by atoms with van der Waals surface area (Å²) in [6.45, 7) is -0.216. The normalized spacial score (nSPS) is 13.8. The molecule has 0 unspecified atom stereocenters. The molecule has 0 heterocycles. The van der Waals surface area contributed by atoms with E-state index in [0.29, 0.717) is 37.7 Å². The maximum atomic E-state index is 11.1. The van der Waals surface area contributed by atoms with Crippen LogP contribution < -0.4 is 0 Å². The maximum absolute atomic E-state index is 11.1. The molecule has 5 N–H and O–H groups in total. The minimum absolute atomic E-state index is 0.0719. The quantitative estimate of drug-likeness (QED) is 0.337. The Kier molecular flexibility index (Phi) is 9.56. The molecule has 9 heteroatoms. The molecule has 0 aliphatic rings. The molecule has 0 rings (SSSR count). The number of aliphatic hydroxyl groups excluding tert-OH is 3. The fraction of sp³-hybridized carbons (Fsp3) is 1.00. The Balaban J connectivity index is 4.78. The van der Waals surface area contributed by atoms with E-state index in [2.05, 4.69) is 0 Å². The number of hydrogen-bond donors (Lipinski definition) is 5. The summed E-state index contributed by atoms with van der Waals surface area (Å²) < 4.78 is 16.1. The van der Waals surface area contributed by atoms with Crippen LogP contribution in [-0.4, -0.2) is 63.4 Å². The van der Waals surface area contributed by atoms with Crippen molar-refractivity contribution >= 4 is 15.3 Å². The van der Waals surface area contributed by atoms with E-state index in [1.807, 2.05) is 0 Å². The third kappa shape index (κ3) is 8.51.